The van der Waals surface area contributed by atoms with Gasteiger partial charge in [-0.25, -0.2) is 0 Å². The van der Waals surface area contributed by atoms with Crippen molar-refractivity contribution < 1.29 is 14.6 Å². The smallest absolute Gasteiger partial charge is 0.119 e. The highest BCUT2D eigenvalue weighted by atomic mass is 16.5. The first-order chi connectivity index (χ1) is 10.1. The van der Waals surface area contributed by atoms with Gasteiger partial charge in [-0.3, -0.25) is 4.90 Å². The summed E-state index contributed by atoms with van der Waals surface area (Å²) in [7, 11) is 1.70. The molecule has 0 saturated heterocycles. The summed E-state index contributed by atoms with van der Waals surface area (Å²) in [5.74, 6) is 1.40. The molecule has 0 spiro atoms. The molecular weight excluding hydrogens is 266 g/mol. The Morgan fingerprint density at radius 2 is 1.81 bits per heavy atom. The summed E-state index contributed by atoms with van der Waals surface area (Å²) in [5.41, 5.74) is 0.921. The van der Waals surface area contributed by atoms with E-state index in [0.29, 0.717) is 25.7 Å². The van der Waals surface area contributed by atoms with Crippen molar-refractivity contribution >= 4 is 0 Å². The van der Waals surface area contributed by atoms with Crippen molar-refractivity contribution in [1.82, 2.24) is 4.90 Å². The van der Waals surface area contributed by atoms with Gasteiger partial charge >= 0.3 is 0 Å². The molecule has 1 unspecified atom stereocenters. The zero-order valence-corrected chi connectivity index (χ0v) is 13.7. The average Bonchev–Trinajstić information content (AvgIpc) is 2.45. The van der Waals surface area contributed by atoms with Gasteiger partial charge in [0, 0.05) is 26.7 Å². The van der Waals surface area contributed by atoms with Crippen LogP contribution in [0.5, 0.6) is 5.75 Å². The largest absolute Gasteiger partial charge is 0.494 e. The lowest BCUT2D eigenvalue weighted by atomic mass is 10.1. The Kier molecular flexibility index (Phi) is 8.35. The van der Waals surface area contributed by atoms with Crippen LogP contribution in [-0.4, -0.2) is 50.0 Å². The van der Waals surface area contributed by atoms with Crippen LogP contribution in [0.15, 0.2) is 24.3 Å². The topological polar surface area (TPSA) is 41.9 Å². The summed E-state index contributed by atoms with van der Waals surface area (Å²) >= 11 is 0. The van der Waals surface area contributed by atoms with Gasteiger partial charge in [0.2, 0.25) is 0 Å². The molecule has 21 heavy (non-hydrogen) atoms. The number of hydrogen-bond donors (Lipinski definition) is 1. The lowest BCUT2D eigenvalue weighted by molar-refractivity contribution is 0.0824. The molecule has 1 rings (SSSR count). The zero-order valence-electron chi connectivity index (χ0n) is 13.7. The lowest BCUT2D eigenvalue weighted by Crippen LogP contribution is -2.34. The van der Waals surface area contributed by atoms with Crippen LogP contribution < -0.4 is 4.74 Å². The number of aliphatic hydroxyl groups excluding tert-OH is 1. The van der Waals surface area contributed by atoms with Crippen LogP contribution in [0.4, 0.5) is 0 Å². The summed E-state index contributed by atoms with van der Waals surface area (Å²) in [6.07, 6.45) is -0.490. The molecule has 0 saturated carbocycles. The molecule has 1 aromatic carbocycles. The average molecular weight is 295 g/mol. The first kappa shape index (κ1) is 18.0. The van der Waals surface area contributed by atoms with Gasteiger partial charge in [0.25, 0.3) is 0 Å². The fourth-order valence-electron chi connectivity index (χ4n) is 2.30. The summed E-state index contributed by atoms with van der Waals surface area (Å²) in [6.45, 7) is 10.1. The number of ether oxygens (including phenoxy) is 2. The van der Waals surface area contributed by atoms with E-state index in [1.54, 1.807) is 7.11 Å². The van der Waals surface area contributed by atoms with Crippen molar-refractivity contribution in [2.75, 3.05) is 40.0 Å². The van der Waals surface area contributed by atoms with Gasteiger partial charge < -0.3 is 14.6 Å². The number of nitrogens with zero attached hydrogens (tertiary/aromatic N) is 1. The minimum atomic E-state index is -0.490. The zero-order chi connectivity index (χ0) is 15.7. The number of rotatable bonds is 10. The van der Waals surface area contributed by atoms with E-state index in [-0.39, 0.29) is 0 Å². The minimum absolute atomic E-state index is 0.490. The van der Waals surface area contributed by atoms with Crippen LogP contribution in [0.25, 0.3) is 0 Å². The van der Waals surface area contributed by atoms with Gasteiger partial charge in [0.15, 0.2) is 0 Å². The third kappa shape index (κ3) is 6.93. The minimum Gasteiger partial charge on any atom is -0.494 e. The Labute approximate surface area is 128 Å². The first-order valence-electron chi connectivity index (χ1n) is 7.68. The van der Waals surface area contributed by atoms with Gasteiger partial charge in [-0.15, -0.1) is 0 Å². The molecule has 0 fully saturated rings. The summed E-state index contributed by atoms with van der Waals surface area (Å²) in [6, 6.07) is 7.67. The van der Waals surface area contributed by atoms with E-state index >= 15 is 0 Å². The molecule has 1 atom stereocenters. The maximum atomic E-state index is 10.4. The highest BCUT2D eigenvalue weighted by molar-refractivity contribution is 5.28. The molecular formula is C17H29NO3. The maximum Gasteiger partial charge on any atom is 0.119 e. The van der Waals surface area contributed by atoms with Crippen molar-refractivity contribution in [3.8, 4) is 5.75 Å². The summed E-state index contributed by atoms with van der Waals surface area (Å²) < 4.78 is 10.6. The summed E-state index contributed by atoms with van der Waals surface area (Å²) in [5, 5.41) is 10.4. The predicted molar refractivity (Wildman–Crippen MR) is 85.7 cm³/mol. The van der Waals surface area contributed by atoms with E-state index < -0.39 is 6.10 Å². The third-order valence-electron chi connectivity index (χ3n) is 3.24. The normalized spacial score (nSPS) is 12.9. The second-order valence-electron chi connectivity index (χ2n) is 5.66. The SMILES string of the molecule is CCOc1ccc(C(O)CN(CCOC)CC(C)C)cc1. The predicted octanol–water partition coefficient (Wildman–Crippen LogP) is 2.72. The van der Waals surface area contributed by atoms with E-state index in [1.807, 2.05) is 31.2 Å². The molecule has 0 aliphatic heterocycles. The molecule has 1 aromatic rings. The Hall–Kier alpha value is -1.10. The first-order valence-corrected chi connectivity index (χ1v) is 7.68. The maximum absolute atomic E-state index is 10.4. The van der Waals surface area contributed by atoms with Gasteiger partial charge in [0.05, 0.1) is 19.3 Å². The van der Waals surface area contributed by atoms with Gasteiger partial charge in [-0.2, -0.15) is 0 Å². The Balaban J connectivity index is 2.60. The molecule has 1 N–H and O–H groups in total. The number of benzene rings is 1. The van der Waals surface area contributed by atoms with Crippen LogP contribution >= 0.6 is 0 Å². The standard InChI is InChI=1S/C17H29NO3/c1-5-21-16-8-6-15(7-9-16)17(19)13-18(10-11-20-4)12-14(2)3/h6-9,14,17,19H,5,10-13H2,1-4H3. The molecule has 0 bridgehead atoms. The summed E-state index contributed by atoms with van der Waals surface area (Å²) in [4.78, 5) is 2.25. The second-order valence-corrected chi connectivity index (χ2v) is 5.66. The van der Waals surface area contributed by atoms with Gasteiger partial charge in [-0.1, -0.05) is 26.0 Å². The molecule has 0 amide bonds. The van der Waals surface area contributed by atoms with Gasteiger partial charge in [0.1, 0.15) is 5.75 Å². The monoisotopic (exact) mass is 295 g/mol. The molecule has 120 valence electrons. The Morgan fingerprint density at radius 1 is 1.14 bits per heavy atom. The Morgan fingerprint density at radius 3 is 2.33 bits per heavy atom. The second kappa shape index (κ2) is 9.77. The molecule has 0 aliphatic rings. The van der Waals surface area contributed by atoms with Crippen LogP contribution in [0.1, 0.15) is 32.4 Å². The number of methoxy groups -OCH3 is 1. The molecule has 0 aromatic heterocycles. The number of hydrogen-bond acceptors (Lipinski definition) is 4. The fraction of sp³-hybridized carbons (Fsp3) is 0.647. The van der Waals surface area contributed by atoms with Gasteiger partial charge in [-0.05, 0) is 30.5 Å². The van der Waals surface area contributed by atoms with Crippen LogP contribution in [0, 0.1) is 5.92 Å². The van der Waals surface area contributed by atoms with E-state index in [4.69, 9.17) is 9.47 Å². The highest BCUT2D eigenvalue weighted by Crippen LogP contribution is 2.19. The van der Waals surface area contributed by atoms with Crippen molar-refractivity contribution in [2.24, 2.45) is 5.92 Å². The number of aliphatic hydroxyl groups is 1. The van der Waals surface area contributed by atoms with E-state index in [0.717, 1.165) is 24.4 Å². The van der Waals surface area contributed by atoms with Crippen molar-refractivity contribution in [2.45, 2.75) is 26.9 Å². The molecule has 0 heterocycles. The van der Waals surface area contributed by atoms with E-state index in [1.165, 1.54) is 0 Å². The van der Waals surface area contributed by atoms with E-state index in [2.05, 4.69) is 18.7 Å². The van der Waals surface area contributed by atoms with Crippen LogP contribution in [-0.2, 0) is 4.74 Å². The third-order valence-corrected chi connectivity index (χ3v) is 3.24. The molecule has 0 radical (unpaired) electrons. The fourth-order valence-corrected chi connectivity index (χ4v) is 2.30. The van der Waals surface area contributed by atoms with Crippen LogP contribution in [0.3, 0.4) is 0 Å². The van der Waals surface area contributed by atoms with Crippen molar-refractivity contribution in [3.63, 3.8) is 0 Å². The van der Waals surface area contributed by atoms with Crippen molar-refractivity contribution in [1.29, 1.82) is 0 Å². The molecule has 4 heteroatoms. The van der Waals surface area contributed by atoms with Crippen molar-refractivity contribution in [3.05, 3.63) is 29.8 Å². The van der Waals surface area contributed by atoms with Crippen LogP contribution in [0.2, 0.25) is 0 Å². The Bertz CT molecular complexity index is 378. The lowest BCUT2D eigenvalue weighted by Gasteiger charge is -2.26. The molecule has 4 nitrogen and oxygen atoms in total. The molecule has 0 aliphatic carbocycles. The quantitative estimate of drug-likeness (QED) is 0.720. The van der Waals surface area contributed by atoms with E-state index in [9.17, 15) is 5.11 Å². The highest BCUT2D eigenvalue weighted by Gasteiger charge is 2.14.